The van der Waals surface area contributed by atoms with Crippen LogP contribution < -0.4 is 9.47 Å². The molecule has 0 bridgehead atoms. The van der Waals surface area contributed by atoms with Gasteiger partial charge < -0.3 is 28.4 Å². The Morgan fingerprint density at radius 1 is 1.00 bits per heavy atom. The third-order valence-electron chi connectivity index (χ3n) is 6.10. The average molecular weight is 440 g/mol. The summed E-state index contributed by atoms with van der Waals surface area (Å²) in [7, 11) is 0. The molecule has 32 heavy (non-hydrogen) atoms. The van der Waals surface area contributed by atoms with Crippen LogP contribution in [0.4, 0.5) is 0 Å². The molecule has 1 atom stereocenters. The molecule has 2 aliphatic heterocycles. The molecule has 5 rings (SSSR count). The Hall–Kier alpha value is -3.00. The monoisotopic (exact) mass is 440 g/mol. The van der Waals surface area contributed by atoms with Crippen molar-refractivity contribution >= 4 is 11.8 Å². The molecule has 1 aromatic heterocycles. The topological polar surface area (TPSA) is 81.5 Å². The zero-order valence-corrected chi connectivity index (χ0v) is 18.0. The van der Waals surface area contributed by atoms with Crippen LogP contribution in [0.5, 0.6) is 11.5 Å². The highest BCUT2D eigenvalue weighted by atomic mass is 16.7. The summed E-state index contributed by atoms with van der Waals surface area (Å²) in [6.45, 7) is 2.14. The summed E-state index contributed by atoms with van der Waals surface area (Å²) in [5, 5.41) is 0. The van der Waals surface area contributed by atoms with Crippen LogP contribution in [0.1, 0.15) is 37.0 Å². The van der Waals surface area contributed by atoms with Crippen LogP contribution in [0.3, 0.4) is 0 Å². The lowest BCUT2D eigenvalue weighted by atomic mass is 10.1. The number of fused-ring (bicyclic) bond motifs is 1. The van der Waals surface area contributed by atoms with Crippen molar-refractivity contribution in [1.82, 2.24) is 9.80 Å². The molecule has 1 aliphatic carbocycles. The van der Waals surface area contributed by atoms with Gasteiger partial charge in [0.05, 0.1) is 25.5 Å². The highest BCUT2D eigenvalue weighted by molar-refractivity contribution is 5.87. The molecule has 0 spiro atoms. The molecule has 0 N–H and O–H groups in total. The molecule has 3 aliphatic rings. The lowest BCUT2D eigenvalue weighted by Crippen LogP contribution is -2.45. The van der Waals surface area contributed by atoms with E-state index in [4.69, 9.17) is 18.6 Å². The number of benzene rings is 1. The lowest BCUT2D eigenvalue weighted by Gasteiger charge is -2.29. The van der Waals surface area contributed by atoms with Gasteiger partial charge in [-0.2, -0.15) is 0 Å². The van der Waals surface area contributed by atoms with Gasteiger partial charge in [0.2, 0.25) is 18.6 Å². The molecular formula is C24H28N2O6. The van der Waals surface area contributed by atoms with E-state index in [2.05, 4.69) is 0 Å². The van der Waals surface area contributed by atoms with Crippen molar-refractivity contribution in [2.45, 2.75) is 44.9 Å². The van der Waals surface area contributed by atoms with Crippen molar-refractivity contribution in [2.75, 3.05) is 26.5 Å². The largest absolute Gasteiger partial charge is 0.467 e. The van der Waals surface area contributed by atoms with Gasteiger partial charge in [0.25, 0.3) is 0 Å². The van der Waals surface area contributed by atoms with Gasteiger partial charge in [-0.3, -0.25) is 9.59 Å². The maximum Gasteiger partial charge on any atom is 0.242 e. The van der Waals surface area contributed by atoms with E-state index < -0.39 is 0 Å². The lowest BCUT2D eigenvalue weighted by molar-refractivity contribution is -0.143. The minimum absolute atomic E-state index is 0.0119. The Balaban J connectivity index is 1.31. The Morgan fingerprint density at radius 2 is 1.88 bits per heavy atom. The van der Waals surface area contributed by atoms with Crippen LogP contribution in [0.25, 0.3) is 0 Å². The van der Waals surface area contributed by atoms with Crippen molar-refractivity contribution in [3.05, 3.63) is 47.9 Å². The molecule has 1 unspecified atom stereocenters. The number of carbonyl (C=O) groups excluding carboxylic acids is 2. The van der Waals surface area contributed by atoms with Crippen LogP contribution >= 0.6 is 0 Å². The van der Waals surface area contributed by atoms with E-state index in [0.29, 0.717) is 36.9 Å². The molecule has 3 heterocycles. The van der Waals surface area contributed by atoms with Crippen LogP contribution in [0.15, 0.2) is 41.0 Å². The maximum absolute atomic E-state index is 13.4. The fourth-order valence-electron chi connectivity index (χ4n) is 4.20. The van der Waals surface area contributed by atoms with Crippen molar-refractivity contribution in [2.24, 2.45) is 5.92 Å². The number of ether oxygens (including phenoxy) is 3. The predicted molar refractivity (Wildman–Crippen MR) is 114 cm³/mol. The van der Waals surface area contributed by atoms with Crippen LogP contribution in [0.2, 0.25) is 0 Å². The molecule has 1 saturated heterocycles. The second-order valence-electron chi connectivity index (χ2n) is 8.64. The first-order valence-electron chi connectivity index (χ1n) is 11.2. The zero-order valence-electron chi connectivity index (χ0n) is 18.0. The van der Waals surface area contributed by atoms with E-state index in [-0.39, 0.29) is 37.2 Å². The molecule has 8 heteroatoms. The van der Waals surface area contributed by atoms with E-state index in [1.807, 2.05) is 24.3 Å². The first-order valence-corrected chi connectivity index (χ1v) is 11.2. The van der Waals surface area contributed by atoms with Crippen molar-refractivity contribution in [3.63, 3.8) is 0 Å². The third kappa shape index (κ3) is 4.91. The molecular weight excluding hydrogens is 412 g/mol. The maximum atomic E-state index is 13.4. The second-order valence-corrected chi connectivity index (χ2v) is 8.64. The zero-order chi connectivity index (χ0) is 21.9. The fraction of sp³-hybridized carbons (Fsp3) is 0.500. The smallest absolute Gasteiger partial charge is 0.242 e. The SMILES string of the molecule is O=C(CN(CC1CCCO1)C(=O)C1CC1)N(Cc1ccc2c(c1)OCO2)Cc1ccco1. The van der Waals surface area contributed by atoms with Crippen molar-refractivity contribution in [3.8, 4) is 11.5 Å². The standard InChI is InChI=1S/C24H28N2O6/c27-23(15-26(24(28)18-6-7-18)14-20-4-2-10-30-20)25(13-19-3-1-9-29-19)12-17-5-8-21-22(11-17)32-16-31-21/h1,3,5,8-9,11,18,20H,2,4,6-7,10,12-16H2. The quantitative estimate of drug-likeness (QED) is 0.596. The van der Waals surface area contributed by atoms with Crippen LogP contribution in [0, 0.1) is 5.92 Å². The van der Waals surface area contributed by atoms with Gasteiger partial charge in [-0.05, 0) is 55.5 Å². The first kappa shape index (κ1) is 20.9. The normalized spacial score (nSPS) is 19.2. The summed E-state index contributed by atoms with van der Waals surface area (Å²) >= 11 is 0. The minimum Gasteiger partial charge on any atom is -0.467 e. The molecule has 2 fully saturated rings. The highest BCUT2D eigenvalue weighted by Gasteiger charge is 2.36. The van der Waals surface area contributed by atoms with E-state index in [0.717, 1.165) is 37.9 Å². The summed E-state index contributed by atoms with van der Waals surface area (Å²) in [5.74, 6) is 2.07. The minimum atomic E-state index is -0.119. The number of amides is 2. The third-order valence-corrected chi connectivity index (χ3v) is 6.10. The number of hydrogen-bond acceptors (Lipinski definition) is 6. The molecule has 0 radical (unpaired) electrons. The van der Waals surface area contributed by atoms with Gasteiger partial charge >= 0.3 is 0 Å². The van der Waals surface area contributed by atoms with Crippen LogP contribution in [-0.2, 0) is 27.4 Å². The van der Waals surface area contributed by atoms with Gasteiger partial charge in [0.15, 0.2) is 11.5 Å². The molecule has 2 amide bonds. The summed E-state index contributed by atoms with van der Waals surface area (Å²) < 4.78 is 22.1. The summed E-state index contributed by atoms with van der Waals surface area (Å²) in [5.41, 5.74) is 0.924. The first-order chi connectivity index (χ1) is 15.7. The molecule has 8 nitrogen and oxygen atoms in total. The Bertz CT molecular complexity index is 949. The van der Waals surface area contributed by atoms with Crippen molar-refractivity contribution in [1.29, 1.82) is 0 Å². The summed E-state index contributed by atoms with van der Waals surface area (Å²) in [6, 6.07) is 9.32. The van der Waals surface area contributed by atoms with E-state index >= 15 is 0 Å². The number of nitrogens with zero attached hydrogens (tertiary/aromatic N) is 2. The van der Waals surface area contributed by atoms with Gasteiger partial charge in [-0.15, -0.1) is 0 Å². The average Bonchev–Trinajstić information content (AvgIpc) is 3.17. The number of hydrogen-bond donors (Lipinski definition) is 0. The predicted octanol–water partition coefficient (Wildman–Crippen LogP) is 2.95. The van der Waals surface area contributed by atoms with E-state index in [1.165, 1.54) is 0 Å². The van der Waals surface area contributed by atoms with Gasteiger partial charge in [-0.25, -0.2) is 0 Å². The van der Waals surface area contributed by atoms with E-state index in [1.54, 1.807) is 22.1 Å². The highest BCUT2D eigenvalue weighted by Crippen LogP contribution is 2.33. The van der Waals surface area contributed by atoms with E-state index in [9.17, 15) is 9.59 Å². The van der Waals surface area contributed by atoms with Gasteiger partial charge in [-0.1, -0.05) is 6.07 Å². The van der Waals surface area contributed by atoms with Gasteiger partial charge in [0.1, 0.15) is 5.76 Å². The van der Waals surface area contributed by atoms with Crippen molar-refractivity contribution < 1.29 is 28.2 Å². The van der Waals surface area contributed by atoms with Crippen LogP contribution in [-0.4, -0.2) is 54.2 Å². The Labute approximate surface area is 187 Å². The fourth-order valence-corrected chi connectivity index (χ4v) is 4.20. The summed E-state index contributed by atoms with van der Waals surface area (Å²) in [6.07, 6.45) is 5.34. The molecule has 1 aromatic carbocycles. The van der Waals surface area contributed by atoms with Gasteiger partial charge in [0, 0.05) is 25.6 Å². The summed E-state index contributed by atoms with van der Waals surface area (Å²) in [4.78, 5) is 29.8. The number of furan rings is 1. The number of rotatable bonds is 9. The second kappa shape index (κ2) is 9.24. The Kier molecular flexibility index (Phi) is 6.03. The number of carbonyl (C=O) groups is 2. The molecule has 1 saturated carbocycles. The Morgan fingerprint density at radius 3 is 2.62 bits per heavy atom. The molecule has 2 aromatic rings. The molecule has 170 valence electrons.